The number of hydrogen-bond acceptors (Lipinski definition) is 4. The summed E-state index contributed by atoms with van der Waals surface area (Å²) in [6.07, 6.45) is 1.79. The lowest BCUT2D eigenvalue weighted by atomic mass is 10.1. The molecular weight excluding hydrogens is 324 g/mol. The van der Waals surface area contributed by atoms with Gasteiger partial charge in [0.25, 0.3) is 0 Å². The Morgan fingerprint density at radius 2 is 1.79 bits per heavy atom. The summed E-state index contributed by atoms with van der Waals surface area (Å²) in [5, 5.41) is 9.18. The molecule has 0 aliphatic carbocycles. The number of aliphatic carboxylic acids is 1. The molecule has 0 radical (unpaired) electrons. The molecule has 0 amide bonds. The Balaban J connectivity index is 2.06. The molecule has 24 heavy (non-hydrogen) atoms. The van der Waals surface area contributed by atoms with Gasteiger partial charge in [-0.2, -0.15) is 0 Å². The van der Waals surface area contributed by atoms with E-state index in [-0.39, 0.29) is 11.7 Å². The van der Waals surface area contributed by atoms with Gasteiger partial charge in [-0.05, 0) is 36.6 Å². The van der Waals surface area contributed by atoms with Crippen LogP contribution in [0.1, 0.15) is 18.4 Å². The number of aryl methyl sites for hydroxylation is 1. The van der Waals surface area contributed by atoms with Crippen molar-refractivity contribution in [2.75, 3.05) is 14.2 Å². The zero-order chi connectivity index (χ0) is 17.4. The second-order valence-corrected chi connectivity index (χ2v) is 6.75. The summed E-state index contributed by atoms with van der Waals surface area (Å²) in [5.41, 5.74) is 1.22. The van der Waals surface area contributed by atoms with Gasteiger partial charge in [-0.15, -0.1) is 11.8 Å². The predicted octanol–water partition coefficient (Wildman–Crippen LogP) is 4.27. The minimum absolute atomic E-state index is 0.000747. The molecule has 0 heterocycles. The number of carboxylic acids is 1. The molecule has 1 atom stereocenters. The van der Waals surface area contributed by atoms with Crippen LogP contribution >= 0.6 is 11.8 Å². The minimum Gasteiger partial charge on any atom is -0.493 e. The van der Waals surface area contributed by atoms with Gasteiger partial charge in [0.1, 0.15) is 0 Å². The molecule has 5 heteroatoms. The van der Waals surface area contributed by atoms with Gasteiger partial charge >= 0.3 is 5.97 Å². The van der Waals surface area contributed by atoms with Crippen molar-refractivity contribution in [3.63, 3.8) is 0 Å². The Kier molecular flexibility index (Phi) is 7.00. The molecule has 2 aromatic rings. The number of carbonyl (C=O) groups is 1. The molecule has 0 bridgehead atoms. The first-order valence-corrected chi connectivity index (χ1v) is 8.64. The number of ether oxygens (including phenoxy) is 2. The molecule has 0 spiro atoms. The van der Waals surface area contributed by atoms with Crippen LogP contribution in [0.3, 0.4) is 0 Å². The maximum Gasteiger partial charge on any atom is 0.304 e. The van der Waals surface area contributed by atoms with Gasteiger partial charge in [-0.1, -0.05) is 30.3 Å². The smallest absolute Gasteiger partial charge is 0.304 e. The normalized spacial score (nSPS) is 11.8. The van der Waals surface area contributed by atoms with Gasteiger partial charge in [0.05, 0.1) is 20.6 Å². The summed E-state index contributed by atoms with van der Waals surface area (Å²) in [5.74, 6) is 0.543. The Morgan fingerprint density at radius 3 is 2.42 bits per heavy atom. The van der Waals surface area contributed by atoms with E-state index in [0.717, 1.165) is 17.7 Å². The molecule has 0 fully saturated rings. The summed E-state index contributed by atoms with van der Waals surface area (Å²) >= 11 is 1.57. The first-order valence-electron chi connectivity index (χ1n) is 7.76. The van der Waals surface area contributed by atoms with Gasteiger partial charge in [0, 0.05) is 10.1 Å². The van der Waals surface area contributed by atoms with Crippen LogP contribution in [0, 0.1) is 0 Å². The number of thioether (sulfide) groups is 1. The highest BCUT2D eigenvalue weighted by atomic mass is 32.2. The predicted molar refractivity (Wildman–Crippen MR) is 96.2 cm³/mol. The van der Waals surface area contributed by atoms with Crippen LogP contribution in [0.15, 0.2) is 53.4 Å². The van der Waals surface area contributed by atoms with E-state index in [1.54, 1.807) is 26.0 Å². The third kappa shape index (κ3) is 5.49. The molecule has 1 unspecified atom stereocenters. The van der Waals surface area contributed by atoms with Crippen molar-refractivity contribution < 1.29 is 19.4 Å². The molecule has 0 aromatic heterocycles. The lowest BCUT2D eigenvalue weighted by molar-refractivity contribution is -0.137. The highest BCUT2D eigenvalue weighted by Gasteiger charge is 2.16. The van der Waals surface area contributed by atoms with Gasteiger partial charge < -0.3 is 14.6 Å². The van der Waals surface area contributed by atoms with Gasteiger partial charge in [-0.25, -0.2) is 0 Å². The van der Waals surface area contributed by atoms with Crippen molar-refractivity contribution in [3.05, 3.63) is 54.1 Å². The Bertz CT molecular complexity index is 658. The van der Waals surface area contributed by atoms with Crippen molar-refractivity contribution in [3.8, 4) is 11.5 Å². The Labute approximate surface area is 146 Å². The summed E-state index contributed by atoms with van der Waals surface area (Å²) in [6.45, 7) is 0. The number of rotatable bonds is 9. The van der Waals surface area contributed by atoms with E-state index in [4.69, 9.17) is 9.47 Å². The van der Waals surface area contributed by atoms with E-state index >= 15 is 0 Å². The number of methoxy groups -OCH3 is 2. The van der Waals surface area contributed by atoms with Gasteiger partial charge in [-0.3, -0.25) is 4.79 Å². The average Bonchev–Trinajstić information content (AvgIpc) is 2.60. The molecule has 0 aliphatic heterocycles. The maximum absolute atomic E-state index is 11.2. The second-order valence-electron chi connectivity index (χ2n) is 5.38. The number of hydrogen-bond donors (Lipinski definition) is 1. The molecule has 0 saturated heterocycles. The van der Waals surface area contributed by atoms with Crippen LogP contribution in [0.25, 0.3) is 0 Å². The fourth-order valence-corrected chi connectivity index (χ4v) is 3.62. The number of benzene rings is 2. The fraction of sp³-hybridized carbons (Fsp3) is 0.316. The van der Waals surface area contributed by atoms with Crippen molar-refractivity contribution in [1.82, 2.24) is 0 Å². The van der Waals surface area contributed by atoms with E-state index in [1.807, 2.05) is 36.4 Å². The highest BCUT2D eigenvalue weighted by molar-refractivity contribution is 8.00. The fourth-order valence-electron chi connectivity index (χ4n) is 2.45. The molecule has 1 N–H and O–H groups in total. The van der Waals surface area contributed by atoms with Crippen LogP contribution in [0.4, 0.5) is 0 Å². The van der Waals surface area contributed by atoms with Crippen molar-refractivity contribution in [2.24, 2.45) is 0 Å². The molecule has 2 rings (SSSR count). The topological polar surface area (TPSA) is 55.8 Å². The van der Waals surface area contributed by atoms with E-state index in [0.29, 0.717) is 11.5 Å². The van der Waals surface area contributed by atoms with Crippen molar-refractivity contribution in [2.45, 2.75) is 29.4 Å². The Morgan fingerprint density at radius 1 is 1.08 bits per heavy atom. The van der Waals surface area contributed by atoms with Gasteiger partial charge in [0.2, 0.25) is 0 Å². The van der Waals surface area contributed by atoms with Crippen molar-refractivity contribution in [1.29, 1.82) is 0 Å². The third-order valence-corrected chi connectivity index (χ3v) is 4.92. The van der Waals surface area contributed by atoms with Crippen LogP contribution in [-0.2, 0) is 11.2 Å². The zero-order valence-corrected chi connectivity index (χ0v) is 14.7. The van der Waals surface area contributed by atoms with Gasteiger partial charge in [0.15, 0.2) is 11.5 Å². The standard InChI is InChI=1S/C19H22O4S/c1-22-17-11-10-15(12-18(17)23-2)24-16(13-19(20)21)9-8-14-6-4-3-5-7-14/h3-7,10-12,16H,8-9,13H2,1-2H3,(H,20,21). The highest BCUT2D eigenvalue weighted by Crippen LogP contribution is 2.35. The lowest BCUT2D eigenvalue weighted by Crippen LogP contribution is -2.11. The lowest BCUT2D eigenvalue weighted by Gasteiger charge is -2.16. The summed E-state index contributed by atoms with van der Waals surface area (Å²) in [7, 11) is 3.19. The van der Waals surface area contributed by atoms with Crippen LogP contribution in [0.5, 0.6) is 11.5 Å². The molecule has 0 aliphatic rings. The van der Waals surface area contributed by atoms with Crippen molar-refractivity contribution >= 4 is 17.7 Å². The third-order valence-electron chi connectivity index (χ3n) is 3.66. The summed E-state index contributed by atoms with van der Waals surface area (Å²) < 4.78 is 10.6. The molecule has 4 nitrogen and oxygen atoms in total. The monoisotopic (exact) mass is 346 g/mol. The van der Waals surface area contributed by atoms with Crippen LogP contribution in [0.2, 0.25) is 0 Å². The summed E-state index contributed by atoms with van der Waals surface area (Å²) in [6, 6.07) is 15.8. The van der Waals surface area contributed by atoms with E-state index < -0.39 is 5.97 Å². The molecular formula is C19H22O4S. The molecule has 128 valence electrons. The first-order chi connectivity index (χ1) is 11.6. The van der Waals surface area contributed by atoms with E-state index in [9.17, 15) is 9.90 Å². The quantitative estimate of drug-likeness (QED) is 0.687. The average molecular weight is 346 g/mol. The van der Waals surface area contributed by atoms with Crippen LogP contribution in [-0.4, -0.2) is 30.5 Å². The largest absolute Gasteiger partial charge is 0.493 e. The number of carboxylic acid groups (broad SMARTS) is 1. The zero-order valence-electron chi connectivity index (χ0n) is 13.9. The molecule has 0 saturated carbocycles. The molecule has 2 aromatic carbocycles. The van der Waals surface area contributed by atoms with E-state index in [2.05, 4.69) is 12.1 Å². The SMILES string of the molecule is COc1ccc(SC(CCc2ccccc2)CC(=O)O)cc1OC. The van der Waals surface area contributed by atoms with Crippen LogP contribution < -0.4 is 9.47 Å². The Hall–Kier alpha value is -2.14. The van der Waals surface area contributed by atoms with E-state index in [1.165, 1.54) is 5.56 Å². The maximum atomic E-state index is 11.2. The summed E-state index contributed by atoms with van der Waals surface area (Å²) in [4.78, 5) is 12.2. The minimum atomic E-state index is -0.777. The second kappa shape index (κ2) is 9.23. The first kappa shape index (κ1) is 18.2.